The van der Waals surface area contributed by atoms with E-state index in [2.05, 4.69) is 5.32 Å². The molecule has 4 rings (SSSR count). The van der Waals surface area contributed by atoms with Gasteiger partial charge in [0.25, 0.3) is 0 Å². The highest BCUT2D eigenvalue weighted by atomic mass is 35.5. The van der Waals surface area contributed by atoms with Gasteiger partial charge in [-0.3, -0.25) is 13.9 Å². The molecule has 0 spiro atoms. The number of anilines is 1. The molecule has 224 valence electrons. The predicted molar refractivity (Wildman–Crippen MR) is 166 cm³/mol. The first-order valence-electron chi connectivity index (χ1n) is 14.2. The van der Waals surface area contributed by atoms with E-state index >= 15 is 0 Å². The van der Waals surface area contributed by atoms with Crippen molar-refractivity contribution in [2.75, 3.05) is 23.7 Å². The molecule has 0 bridgehead atoms. The minimum absolute atomic E-state index is 0.0266. The highest BCUT2D eigenvalue weighted by Crippen LogP contribution is 2.30. The van der Waals surface area contributed by atoms with E-state index in [1.165, 1.54) is 4.90 Å². The summed E-state index contributed by atoms with van der Waals surface area (Å²) in [6.07, 6.45) is 5.16. The highest BCUT2D eigenvalue weighted by molar-refractivity contribution is 7.92. The van der Waals surface area contributed by atoms with Crippen molar-refractivity contribution in [2.24, 2.45) is 0 Å². The molecule has 2 amide bonds. The van der Waals surface area contributed by atoms with Gasteiger partial charge in [-0.1, -0.05) is 85.1 Å². The van der Waals surface area contributed by atoms with E-state index in [-0.39, 0.29) is 30.6 Å². The number of amides is 2. The Balaban J connectivity index is 1.75. The van der Waals surface area contributed by atoms with Crippen molar-refractivity contribution in [2.45, 2.75) is 57.7 Å². The van der Waals surface area contributed by atoms with Crippen molar-refractivity contribution in [1.82, 2.24) is 10.2 Å². The van der Waals surface area contributed by atoms with E-state index in [0.29, 0.717) is 22.9 Å². The first-order valence-corrected chi connectivity index (χ1v) is 16.5. The van der Waals surface area contributed by atoms with Crippen LogP contribution in [0.1, 0.15) is 43.7 Å². The summed E-state index contributed by atoms with van der Waals surface area (Å²) in [5.74, 6) is -0.461. The lowest BCUT2D eigenvalue weighted by Crippen LogP contribution is -2.54. The molecule has 0 saturated heterocycles. The third kappa shape index (κ3) is 8.26. The maximum Gasteiger partial charge on any atom is 0.244 e. The molecule has 1 aliphatic rings. The lowest BCUT2D eigenvalue weighted by atomic mass is 10.0. The average molecular weight is 612 g/mol. The fourth-order valence-electron chi connectivity index (χ4n) is 5.27. The summed E-state index contributed by atoms with van der Waals surface area (Å²) in [7, 11) is -3.91. The number of ether oxygens (including phenoxy) is 1. The second-order valence-electron chi connectivity index (χ2n) is 10.5. The van der Waals surface area contributed by atoms with Gasteiger partial charge in [-0.05, 0) is 49.1 Å². The molecule has 1 fully saturated rings. The Kier molecular flexibility index (Phi) is 10.9. The van der Waals surface area contributed by atoms with Gasteiger partial charge in [0.2, 0.25) is 21.8 Å². The van der Waals surface area contributed by atoms with Crippen LogP contribution in [0.4, 0.5) is 5.69 Å². The molecule has 0 heterocycles. The van der Waals surface area contributed by atoms with Crippen molar-refractivity contribution in [3.8, 4) is 5.75 Å². The maximum absolute atomic E-state index is 14.3. The number of para-hydroxylation sites is 2. The standard InChI is InChI=1S/C32H38ClN3O5S/c1-3-41-30-20-12-11-19-28(30)36(42(2,39)40)23-31(37)35(22-25-15-7-10-18-27(25)33)29(21-24-13-5-4-6-14-24)32(38)34-26-16-8-9-17-26/h4-7,10-15,18-20,26,29H,3,8-9,16-17,21-23H2,1-2H3,(H,34,38)/t29-/m1/s1. The van der Waals surface area contributed by atoms with Crippen LogP contribution >= 0.6 is 11.6 Å². The number of nitrogens with zero attached hydrogens (tertiary/aromatic N) is 2. The number of nitrogens with one attached hydrogen (secondary N) is 1. The predicted octanol–water partition coefficient (Wildman–Crippen LogP) is 5.20. The van der Waals surface area contributed by atoms with Crippen LogP contribution in [-0.2, 0) is 32.6 Å². The smallest absolute Gasteiger partial charge is 0.244 e. The Labute approximate surface area is 253 Å². The van der Waals surface area contributed by atoms with Gasteiger partial charge < -0.3 is 15.0 Å². The van der Waals surface area contributed by atoms with Gasteiger partial charge in [0.15, 0.2) is 0 Å². The van der Waals surface area contributed by atoms with Crippen LogP contribution in [0.3, 0.4) is 0 Å². The summed E-state index contributed by atoms with van der Waals surface area (Å²) in [6, 6.07) is 22.5. The van der Waals surface area contributed by atoms with Gasteiger partial charge in [0, 0.05) is 24.0 Å². The number of halogens is 1. The second kappa shape index (κ2) is 14.6. The molecule has 8 nitrogen and oxygen atoms in total. The number of hydrogen-bond donors (Lipinski definition) is 1. The van der Waals surface area contributed by atoms with Crippen molar-refractivity contribution >= 4 is 39.1 Å². The molecule has 0 aromatic heterocycles. The number of hydrogen-bond acceptors (Lipinski definition) is 5. The lowest BCUT2D eigenvalue weighted by Gasteiger charge is -2.34. The third-order valence-electron chi connectivity index (χ3n) is 7.38. The SMILES string of the molecule is CCOc1ccccc1N(CC(=O)N(Cc1ccccc1Cl)[C@H](Cc1ccccc1)C(=O)NC1CCCC1)S(C)(=O)=O. The molecular formula is C32H38ClN3O5S. The van der Waals surface area contributed by atoms with E-state index in [1.807, 2.05) is 36.4 Å². The van der Waals surface area contributed by atoms with Gasteiger partial charge >= 0.3 is 0 Å². The van der Waals surface area contributed by atoms with Gasteiger partial charge in [-0.2, -0.15) is 0 Å². The molecule has 10 heteroatoms. The van der Waals surface area contributed by atoms with E-state index in [9.17, 15) is 18.0 Å². The summed E-state index contributed by atoms with van der Waals surface area (Å²) in [5, 5.41) is 3.61. The molecule has 0 unspecified atom stereocenters. The molecule has 0 aliphatic heterocycles. The Morgan fingerprint density at radius 3 is 2.29 bits per heavy atom. The summed E-state index contributed by atoms with van der Waals surface area (Å²) in [5.41, 5.74) is 1.78. The van der Waals surface area contributed by atoms with Gasteiger partial charge in [0.05, 0.1) is 18.6 Å². The van der Waals surface area contributed by atoms with Crippen LogP contribution in [0.2, 0.25) is 5.02 Å². The fraction of sp³-hybridized carbons (Fsp3) is 0.375. The molecule has 3 aromatic rings. The first kappa shape index (κ1) is 31.4. The third-order valence-corrected chi connectivity index (χ3v) is 8.88. The van der Waals surface area contributed by atoms with Crippen LogP contribution in [0.5, 0.6) is 5.75 Å². The summed E-state index contributed by atoms with van der Waals surface area (Å²) in [6.45, 7) is 1.63. The van der Waals surface area contributed by atoms with Crippen LogP contribution in [0, 0.1) is 0 Å². The molecule has 1 saturated carbocycles. The van der Waals surface area contributed by atoms with Gasteiger partial charge in [-0.15, -0.1) is 0 Å². The number of benzene rings is 3. The van der Waals surface area contributed by atoms with E-state index in [1.54, 1.807) is 49.4 Å². The Morgan fingerprint density at radius 2 is 1.62 bits per heavy atom. The quantitative estimate of drug-likeness (QED) is 0.286. The molecule has 3 aromatic carbocycles. The minimum atomic E-state index is -3.91. The minimum Gasteiger partial charge on any atom is -0.492 e. The monoisotopic (exact) mass is 611 g/mol. The van der Waals surface area contributed by atoms with Crippen LogP contribution < -0.4 is 14.4 Å². The molecule has 1 atom stereocenters. The largest absolute Gasteiger partial charge is 0.492 e. The zero-order valence-corrected chi connectivity index (χ0v) is 25.6. The maximum atomic E-state index is 14.3. The van der Waals surface area contributed by atoms with E-state index in [0.717, 1.165) is 41.8 Å². The Morgan fingerprint density at radius 1 is 0.976 bits per heavy atom. The lowest BCUT2D eigenvalue weighted by molar-refractivity contribution is -0.140. The van der Waals surface area contributed by atoms with Crippen LogP contribution in [0.25, 0.3) is 0 Å². The second-order valence-corrected chi connectivity index (χ2v) is 12.8. The zero-order chi connectivity index (χ0) is 30.1. The van der Waals surface area contributed by atoms with Crippen molar-refractivity contribution in [1.29, 1.82) is 0 Å². The number of carbonyl (C=O) groups excluding carboxylic acids is 2. The topological polar surface area (TPSA) is 96.0 Å². The fourth-order valence-corrected chi connectivity index (χ4v) is 6.32. The Hall–Kier alpha value is -3.56. The number of sulfonamides is 1. The molecule has 42 heavy (non-hydrogen) atoms. The van der Waals surface area contributed by atoms with E-state index < -0.39 is 28.5 Å². The number of rotatable bonds is 13. The molecule has 1 N–H and O–H groups in total. The normalized spacial score (nSPS) is 14.3. The van der Waals surface area contributed by atoms with Crippen LogP contribution in [-0.4, -0.2) is 56.6 Å². The van der Waals surface area contributed by atoms with Crippen LogP contribution in [0.15, 0.2) is 78.9 Å². The first-order chi connectivity index (χ1) is 20.2. The van der Waals surface area contributed by atoms with Crippen molar-refractivity contribution < 1.29 is 22.7 Å². The Bertz CT molecular complexity index is 1460. The summed E-state index contributed by atoms with van der Waals surface area (Å²) < 4.78 is 32.9. The molecular weight excluding hydrogens is 574 g/mol. The average Bonchev–Trinajstić information content (AvgIpc) is 3.48. The van der Waals surface area contributed by atoms with Gasteiger partial charge in [-0.25, -0.2) is 8.42 Å². The highest BCUT2D eigenvalue weighted by Gasteiger charge is 2.35. The summed E-state index contributed by atoms with van der Waals surface area (Å²) >= 11 is 6.52. The number of carbonyl (C=O) groups is 2. The van der Waals surface area contributed by atoms with Crippen molar-refractivity contribution in [3.63, 3.8) is 0 Å². The van der Waals surface area contributed by atoms with Gasteiger partial charge in [0.1, 0.15) is 18.3 Å². The summed E-state index contributed by atoms with van der Waals surface area (Å²) in [4.78, 5) is 29.7. The van der Waals surface area contributed by atoms with E-state index in [4.69, 9.17) is 16.3 Å². The van der Waals surface area contributed by atoms with Crippen molar-refractivity contribution in [3.05, 3.63) is 95.0 Å². The molecule has 0 radical (unpaired) electrons. The molecule has 1 aliphatic carbocycles. The zero-order valence-electron chi connectivity index (χ0n) is 24.0.